The first-order valence-electron chi connectivity index (χ1n) is 9.38. The van der Waals surface area contributed by atoms with Gasteiger partial charge >= 0.3 is 0 Å². The maximum atomic E-state index is 12.3. The first-order chi connectivity index (χ1) is 14.3. The van der Waals surface area contributed by atoms with Crippen LogP contribution in [0.3, 0.4) is 0 Å². The average molecular weight is 407 g/mol. The molecule has 0 aliphatic carbocycles. The molecule has 0 unspecified atom stereocenters. The van der Waals surface area contributed by atoms with Crippen LogP contribution in [-0.2, 0) is 10.4 Å². The molecule has 1 atom stereocenters. The molecule has 1 fully saturated rings. The molecule has 154 valence electrons. The van der Waals surface area contributed by atoms with Crippen molar-refractivity contribution in [3.63, 3.8) is 0 Å². The Morgan fingerprint density at radius 2 is 1.97 bits per heavy atom. The Labute approximate surface area is 172 Å². The number of likely N-dealkylation sites (tertiary alicyclic amines) is 1. The summed E-state index contributed by atoms with van der Waals surface area (Å²) in [7, 11) is 3.32. The van der Waals surface area contributed by atoms with Gasteiger partial charge in [-0.2, -0.15) is 0 Å². The summed E-state index contributed by atoms with van der Waals surface area (Å²) in [5.74, 6) is -0.922. The van der Waals surface area contributed by atoms with Crippen LogP contribution < -0.4 is 11.1 Å². The third-order valence-electron chi connectivity index (χ3n) is 5.28. The molecule has 3 heterocycles. The van der Waals surface area contributed by atoms with Crippen LogP contribution in [0.5, 0.6) is 0 Å². The number of carbonyl (C=O) groups is 2. The van der Waals surface area contributed by atoms with E-state index in [1.165, 1.54) is 4.90 Å². The monoisotopic (exact) mass is 407 g/mol. The molecule has 1 saturated heterocycles. The van der Waals surface area contributed by atoms with Crippen LogP contribution >= 0.6 is 0 Å². The van der Waals surface area contributed by atoms with Gasteiger partial charge in [0.15, 0.2) is 11.5 Å². The van der Waals surface area contributed by atoms with Crippen LogP contribution in [0.4, 0.5) is 5.69 Å². The zero-order chi connectivity index (χ0) is 21.5. The number of carbonyl (C=O) groups excluding carboxylic acids is 2. The van der Waals surface area contributed by atoms with Gasteiger partial charge < -0.3 is 25.6 Å². The number of rotatable bonds is 5. The summed E-state index contributed by atoms with van der Waals surface area (Å²) in [6.07, 6.45) is 0.245. The van der Waals surface area contributed by atoms with Gasteiger partial charge in [-0.25, -0.2) is 4.98 Å². The number of anilines is 1. The number of primary amides is 1. The van der Waals surface area contributed by atoms with Crippen molar-refractivity contribution in [2.45, 2.75) is 12.0 Å². The molecule has 1 aliphatic rings. The number of aromatic nitrogens is 2. The van der Waals surface area contributed by atoms with Crippen molar-refractivity contribution in [2.24, 2.45) is 5.73 Å². The van der Waals surface area contributed by atoms with Gasteiger partial charge in [0.25, 0.3) is 11.8 Å². The molecule has 1 aromatic carbocycles. The number of nitrogens with zero attached hydrogens (tertiary/aromatic N) is 3. The summed E-state index contributed by atoms with van der Waals surface area (Å²) < 4.78 is 5.32. The minimum Gasteiger partial charge on any atom is -0.386 e. The lowest BCUT2D eigenvalue weighted by molar-refractivity contribution is -0.144. The van der Waals surface area contributed by atoms with Crippen molar-refractivity contribution in [2.75, 3.05) is 26.0 Å². The fourth-order valence-electron chi connectivity index (χ4n) is 3.54. The zero-order valence-corrected chi connectivity index (χ0v) is 16.5. The molecule has 0 saturated carbocycles. The SMILES string of the molecule is CNc1ccc(-c2cccc(-c3cc([C@]4(O)CCN(C)C4=O)on3)c2)nc1C(N)=O. The van der Waals surface area contributed by atoms with Crippen LogP contribution in [0.2, 0.25) is 0 Å². The van der Waals surface area contributed by atoms with E-state index in [1.54, 1.807) is 32.3 Å². The number of hydrogen-bond acceptors (Lipinski definition) is 7. The average Bonchev–Trinajstić information content (AvgIpc) is 3.36. The number of aliphatic hydroxyl groups is 1. The molecule has 2 aromatic heterocycles. The fraction of sp³-hybridized carbons (Fsp3) is 0.238. The number of hydrogen-bond donors (Lipinski definition) is 3. The van der Waals surface area contributed by atoms with Crippen molar-refractivity contribution in [3.8, 4) is 22.5 Å². The molecule has 0 radical (unpaired) electrons. The number of benzene rings is 1. The summed E-state index contributed by atoms with van der Waals surface area (Å²) >= 11 is 0. The van der Waals surface area contributed by atoms with Gasteiger partial charge in [0.1, 0.15) is 5.69 Å². The molecule has 9 heteroatoms. The molecule has 3 aromatic rings. The maximum Gasteiger partial charge on any atom is 0.269 e. The number of likely N-dealkylation sites (N-methyl/N-ethyl adjacent to an activating group) is 1. The second kappa shape index (κ2) is 7.27. The minimum absolute atomic E-state index is 0.116. The molecule has 2 amide bonds. The highest BCUT2D eigenvalue weighted by Crippen LogP contribution is 2.35. The van der Waals surface area contributed by atoms with Crippen molar-refractivity contribution in [3.05, 3.63) is 53.9 Å². The molecule has 4 N–H and O–H groups in total. The molecule has 30 heavy (non-hydrogen) atoms. The molecular formula is C21H21N5O4. The summed E-state index contributed by atoms with van der Waals surface area (Å²) in [6, 6.07) is 12.4. The van der Waals surface area contributed by atoms with Crippen molar-refractivity contribution in [1.82, 2.24) is 15.0 Å². The Morgan fingerprint density at radius 1 is 1.23 bits per heavy atom. The van der Waals surface area contributed by atoms with E-state index < -0.39 is 17.4 Å². The normalized spacial score (nSPS) is 18.6. The van der Waals surface area contributed by atoms with Gasteiger partial charge in [0.05, 0.1) is 11.4 Å². The van der Waals surface area contributed by atoms with Crippen molar-refractivity contribution >= 4 is 17.5 Å². The van der Waals surface area contributed by atoms with E-state index in [1.807, 2.05) is 24.3 Å². The summed E-state index contributed by atoms with van der Waals surface area (Å²) in [4.78, 5) is 29.8. The van der Waals surface area contributed by atoms with E-state index in [0.717, 1.165) is 5.56 Å². The highest BCUT2D eigenvalue weighted by atomic mass is 16.5. The van der Waals surface area contributed by atoms with Crippen LogP contribution in [0.15, 0.2) is 47.0 Å². The Kier molecular flexibility index (Phi) is 4.75. The van der Waals surface area contributed by atoms with Gasteiger partial charge in [-0.15, -0.1) is 0 Å². The van der Waals surface area contributed by atoms with Gasteiger partial charge in [-0.3, -0.25) is 9.59 Å². The Bertz CT molecular complexity index is 1140. The van der Waals surface area contributed by atoms with E-state index in [4.69, 9.17) is 10.3 Å². The van der Waals surface area contributed by atoms with E-state index >= 15 is 0 Å². The summed E-state index contributed by atoms with van der Waals surface area (Å²) in [6.45, 7) is 0.442. The maximum absolute atomic E-state index is 12.3. The van der Waals surface area contributed by atoms with Gasteiger partial charge in [-0.1, -0.05) is 23.4 Å². The number of amides is 2. The molecule has 1 aliphatic heterocycles. The van der Waals surface area contributed by atoms with E-state index in [-0.39, 0.29) is 17.9 Å². The van der Waals surface area contributed by atoms with E-state index in [0.29, 0.717) is 29.2 Å². The number of nitrogens with one attached hydrogen (secondary N) is 1. The van der Waals surface area contributed by atoms with Gasteiger partial charge in [-0.05, 0) is 18.2 Å². The number of pyridine rings is 1. The third-order valence-corrected chi connectivity index (χ3v) is 5.28. The predicted molar refractivity (Wildman–Crippen MR) is 109 cm³/mol. The Morgan fingerprint density at radius 3 is 2.60 bits per heavy atom. The smallest absolute Gasteiger partial charge is 0.269 e. The van der Waals surface area contributed by atoms with Gasteiger partial charge in [0, 0.05) is 44.3 Å². The Hall–Kier alpha value is -3.72. The zero-order valence-electron chi connectivity index (χ0n) is 16.5. The fourth-order valence-corrected chi connectivity index (χ4v) is 3.54. The third kappa shape index (κ3) is 3.18. The molecule has 4 rings (SSSR count). The van der Waals surface area contributed by atoms with Crippen molar-refractivity contribution < 1.29 is 19.2 Å². The second-order valence-electron chi connectivity index (χ2n) is 7.20. The first-order valence-corrected chi connectivity index (χ1v) is 9.38. The molecule has 9 nitrogen and oxygen atoms in total. The summed E-state index contributed by atoms with van der Waals surface area (Å²) in [5, 5.41) is 17.7. The highest BCUT2D eigenvalue weighted by Gasteiger charge is 2.48. The summed E-state index contributed by atoms with van der Waals surface area (Å²) in [5.41, 5.74) is 6.94. The van der Waals surface area contributed by atoms with E-state index in [9.17, 15) is 14.7 Å². The van der Waals surface area contributed by atoms with Crippen LogP contribution in [0.1, 0.15) is 22.7 Å². The van der Waals surface area contributed by atoms with Crippen LogP contribution in [0, 0.1) is 0 Å². The minimum atomic E-state index is -1.70. The van der Waals surface area contributed by atoms with E-state index in [2.05, 4.69) is 15.5 Å². The quantitative estimate of drug-likeness (QED) is 0.585. The lowest BCUT2D eigenvalue weighted by atomic mass is 9.97. The van der Waals surface area contributed by atoms with Crippen molar-refractivity contribution in [1.29, 1.82) is 0 Å². The van der Waals surface area contributed by atoms with Crippen LogP contribution in [-0.4, -0.2) is 52.6 Å². The second-order valence-corrected chi connectivity index (χ2v) is 7.20. The molecular weight excluding hydrogens is 386 g/mol. The largest absolute Gasteiger partial charge is 0.386 e. The highest BCUT2D eigenvalue weighted by molar-refractivity contribution is 5.97. The van der Waals surface area contributed by atoms with Gasteiger partial charge in [0.2, 0.25) is 5.60 Å². The first kappa shape index (κ1) is 19.6. The predicted octanol–water partition coefficient (Wildman–Crippen LogP) is 1.59. The standard InChI is InChI=1S/C21H21N5O4/c1-23-15-7-6-14(24-18(15)19(22)27)12-4-3-5-13(10-12)16-11-17(30-25-16)21(29)8-9-26(2)20(21)28/h3-7,10-11,23,29H,8-9H2,1-2H3,(H2,22,27)/t21-/m1/s1. The topological polar surface area (TPSA) is 135 Å². The van der Waals surface area contributed by atoms with Crippen LogP contribution in [0.25, 0.3) is 22.5 Å². The molecule has 0 bridgehead atoms. The lowest BCUT2D eigenvalue weighted by Gasteiger charge is -2.16. The lowest BCUT2D eigenvalue weighted by Crippen LogP contribution is -2.35. The number of nitrogens with two attached hydrogens (primary N) is 1. The Balaban J connectivity index is 1.69. The molecule has 0 spiro atoms.